The summed E-state index contributed by atoms with van der Waals surface area (Å²) in [7, 11) is 0. The average Bonchev–Trinajstić information content (AvgIpc) is 3.14. The number of nitrogens with zero attached hydrogens (tertiary/aromatic N) is 3. The summed E-state index contributed by atoms with van der Waals surface area (Å²) in [4.78, 5) is 16.8. The number of anilines is 1. The Morgan fingerprint density at radius 1 is 1.54 bits per heavy atom. The van der Waals surface area contributed by atoms with Gasteiger partial charge in [0.15, 0.2) is 11.4 Å². The van der Waals surface area contributed by atoms with Gasteiger partial charge in [-0.05, 0) is 22.6 Å². The zero-order chi connectivity index (χ0) is 18.7. The molecule has 0 radical (unpaired) electrons. The van der Waals surface area contributed by atoms with Crippen LogP contribution in [-0.2, 0) is 16.3 Å². The highest BCUT2D eigenvalue weighted by Gasteiger charge is 2.33. The minimum absolute atomic E-state index is 0.114. The topological polar surface area (TPSA) is 80.7 Å². The van der Waals surface area contributed by atoms with Crippen molar-refractivity contribution in [3.05, 3.63) is 70.1 Å². The van der Waals surface area contributed by atoms with Crippen molar-refractivity contribution in [2.45, 2.75) is 0 Å². The first-order valence-corrected chi connectivity index (χ1v) is 9.59. The molecule has 0 aliphatic carbocycles. The van der Waals surface area contributed by atoms with Crippen LogP contribution >= 0.6 is 22.9 Å². The van der Waals surface area contributed by atoms with Crippen LogP contribution in [0.5, 0.6) is 0 Å². The number of hydrogen-bond donors (Lipinski definition) is 1. The van der Waals surface area contributed by atoms with Gasteiger partial charge in [0.05, 0.1) is 11.6 Å². The molecule has 2 heterocycles. The monoisotopic (exact) mass is 410 g/mol. The van der Waals surface area contributed by atoms with Gasteiger partial charge < -0.3 is 9.87 Å². The normalized spacial score (nSPS) is 16.7. The summed E-state index contributed by atoms with van der Waals surface area (Å²) in [6.45, 7) is 3.76. The summed E-state index contributed by atoms with van der Waals surface area (Å²) in [5.41, 5.74) is 0.787. The fourth-order valence-electron chi connectivity index (χ4n) is 2.12. The quantitative estimate of drug-likeness (QED) is 0.605. The van der Waals surface area contributed by atoms with E-state index in [-0.39, 0.29) is 17.3 Å². The molecule has 10 heteroatoms. The maximum absolute atomic E-state index is 13.3. The standard InChI is InChI=1S/C16H12ClFN4O2S2/c1-2-6-22-14(9-13(21-26(22)24)16-19-5-7-25-16)15(23)20-10-3-4-12(18)11(17)8-10/h2-5,7-9H,1,6H2,(H,20,23). The van der Waals surface area contributed by atoms with Crippen molar-refractivity contribution in [1.82, 2.24) is 9.29 Å². The van der Waals surface area contributed by atoms with E-state index in [4.69, 9.17) is 11.6 Å². The highest BCUT2D eigenvalue weighted by Crippen LogP contribution is 2.24. The molecule has 0 spiro atoms. The van der Waals surface area contributed by atoms with E-state index in [0.29, 0.717) is 16.4 Å². The number of halogens is 2. The Hall–Kier alpha value is -2.20. The van der Waals surface area contributed by atoms with E-state index in [2.05, 4.69) is 21.3 Å². The van der Waals surface area contributed by atoms with Crippen LogP contribution in [0.3, 0.4) is 0 Å². The third kappa shape index (κ3) is 3.96. The van der Waals surface area contributed by atoms with Crippen LogP contribution in [0.25, 0.3) is 0 Å². The molecule has 2 aromatic rings. The summed E-state index contributed by atoms with van der Waals surface area (Å²) in [5.74, 6) is -1.12. The molecule has 0 fully saturated rings. The second-order valence-corrected chi connectivity index (χ2v) is 7.39. The predicted octanol–water partition coefficient (Wildman–Crippen LogP) is 3.33. The zero-order valence-corrected chi connectivity index (χ0v) is 15.6. The van der Waals surface area contributed by atoms with Crippen molar-refractivity contribution < 1.29 is 13.7 Å². The molecule has 0 bridgehead atoms. The molecule has 0 saturated heterocycles. The molecule has 6 nitrogen and oxygen atoms in total. The SMILES string of the molecule is C=CCN1C(C(=O)Nc2ccc(F)c(Cl)c2)=CC(c2nccs2)=N[S+]1[O-]. The number of carbonyl (C=O) groups is 1. The highest BCUT2D eigenvalue weighted by atomic mass is 35.5. The van der Waals surface area contributed by atoms with Crippen molar-refractivity contribution in [3.63, 3.8) is 0 Å². The van der Waals surface area contributed by atoms with Gasteiger partial charge in [-0.2, -0.15) is 4.31 Å². The maximum Gasteiger partial charge on any atom is 0.276 e. The summed E-state index contributed by atoms with van der Waals surface area (Å²) in [5, 5.41) is 4.80. The lowest BCUT2D eigenvalue weighted by atomic mass is 10.2. The predicted molar refractivity (Wildman–Crippen MR) is 102 cm³/mol. The Labute approximate surface area is 161 Å². The van der Waals surface area contributed by atoms with Gasteiger partial charge in [0.2, 0.25) is 11.5 Å². The Kier molecular flexibility index (Phi) is 5.72. The molecule has 1 aliphatic rings. The van der Waals surface area contributed by atoms with E-state index in [1.54, 1.807) is 11.6 Å². The fraction of sp³-hybridized carbons (Fsp3) is 0.0625. The number of nitrogens with one attached hydrogen (secondary N) is 1. The summed E-state index contributed by atoms with van der Waals surface area (Å²) in [6.07, 6.45) is 4.61. The molecule has 1 atom stereocenters. The van der Waals surface area contributed by atoms with Gasteiger partial charge in [0, 0.05) is 23.3 Å². The molecule has 1 aromatic carbocycles. The Bertz CT molecular complexity index is 902. The minimum Gasteiger partial charge on any atom is -0.566 e. The van der Waals surface area contributed by atoms with Crippen LogP contribution < -0.4 is 5.32 Å². The van der Waals surface area contributed by atoms with Gasteiger partial charge in [0.25, 0.3) is 5.91 Å². The smallest absolute Gasteiger partial charge is 0.276 e. The number of rotatable bonds is 5. The Morgan fingerprint density at radius 2 is 2.35 bits per heavy atom. The molecule has 26 heavy (non-hydrogen) atoms. The molecular weight excluding hydrogens is 399 g/mol. The highest BCUT2D eigenvalue weighted by molar-refractivity contribution is 7.88. The molecule has 134 valence electrons. The van der Waals surface area contributed by atoms with Crippen LogP contribution in [0, 0.1) is 5.82 Å². The lowest BCUT2D eigenvalue weighted by Gasteiger charge is -2.25. The third-order valence-electron chi connectivity index (χ3n) is 3.26. The average molecular weight is 411 g/mol. The summed E-state index contributed by atoms with van der Waals surface area (Å²) < 4.78 is 31.1. The first-order valence-electron chi connectivity index (χ1n) is 7.26. The molecular formula is C16H12ClFN4O2S2. The Morgan fingerprint density at radius 3 is 3.00 bits per heavy atom. The number of carbonyl (C=O) groups excluding carboxylic acids is 1. The molecule has 1 unspecified atom stereocenters. The van der Waals surface area contributed by atoms with Gasteiger partial charge >= 0.3 is 0 Å². The number of benzene rings is 1. The number of hydrogen-bond acceptors (Lipinski definition) is 6. The van der Waals surface area contributed by atoms with Crippen LogP contribution in [0.4, 0.5) is 10.1 Å². The number of aromatic nitrogens is 1. The van der Waals surface area contributed by atoms with Crippen LogP contribution in [-0.4, -0.2) is 32.0 Å². The molecule has 1 aliphatic heterocycles. The molecule has 0 saturated carbocycles. The van der Waals surface area contributed by atoms with Crippen molar-refractivity contribution in [3.8, 4) is 0 Å². The van der Waals surface area contributed by atoms with Crippen LogP contribution in [0.2, 0.25) is 5.02 Å². The largest absolute Gasteiger partial charge is 0.566 e. The number of amides is 1. The second-order valence-electron chi connectivity index (χ2n) is 5.01. The molecule has 1 N–H and O–H groups in total. The first-order chi connectivity index (χ1) is 12.5. The number of thiazole rings is 1. The van der Waals surface area contributed by atoms with Gasteiger partial charge in [-0.25, -0.2) is 9.37 Å². The van der Waals surface area contributed by atoms with E-state index in [0.717, 1.165) is 6.07 Å². The van der Waals surface area contributed by atoms with E-state index in [1.165, 1.54) is 39.9 Å². The minimum atomic E-state index is -1.81. The van der Waals surface area contributed by atoms with Crippen LogP contribution in [0.15, 0.2) is 58.6 Å². The van der Waals surface area contributed by atoms with Gasteiger partial charge in [0.1, 0.15) is 10.8 Å². The van der Waals surface area contributed by atoms with Crippen LogP contribution in [0.1, 0.15) is 5.01 Å². The van der Waals surface area contributed by atoms with Gasteiger partial charge in [-0.1, -0.05) is 17.7 Å². The van der Waals surface area contributed by atoms with Crippen molar-refractivity contribution in [2.75, 3.05) is 11.9 Å². The summed E-state index contributed by atoms with van der Waals surface area (Å²) in [6, 6.07) is 3.82. The molecule has 3 rings (SSSR count). The lowest BCUT2D eigenvalue weighted by Crippen LogP contribution is -2.38. The maximum atomic E-state index is 13.3. The van der Waals surface area contributed by atoms with Crippen molar-refractivity contribution in [2.24, 2.45) is 4.40 Å². The molecule has 1 aromatic heterocycles. The van der Waals surface area contributed by atoms with Gasteiger partial charge in [-0.3, -0.25) is 4.79 Å². The first kappa shape index (κ1) is 18.6. The van der Waals surface area contributed by atoms with Crippen molar-refractivity contribution in [1.29, 1.82) is 0 Å². The van der Waals surface area contributed by atoms with E-state index in [1.807, 2.05) is 0 Å². The van der Waals surface area contributed by atoms with E-state index >= 15 is 0 Å². The van der Waals surface area contributed by atoms with E-state index in [9.17, 15) is 13.7 Å². The van der Waals surface area contributed by atoms with E-state index < -0.39 is 23.3 Å². The Balaban J connectivity index is 1.91. The lowest BCUT2D eigenvalue weighted by molar-refractivity contribution is -0.113. The van der Waals surface area contributed by atoms with Crippen molar-refractivity contribution >= 4 is 51.8 Å². The summed E-state index contributed by atoms with van der Waals surface area (Å²) >= 11 is 5.25. The zero-order valence-electron chi connectivity index (χ0n) is 13.2. The second kappa shape index (κ2) is 8.00. The third-order valence-corrected chi connectivity index (χ3v) is 5.42. The van der Waals surface area contributed by atoms with Gasteiger partial charge in [-0.15, -0.1) is 17.9 Å². The number of allylic oxidation sites excluding steroid dienone is 1. The molecule has 1 amide bonds. The fourth-order valence-corrected chi connectivity index (χ4v) is 3.90.